The maximum Gasteiger partial charge on any atom is 0.173 e. The third-order valence-electron chi connectivity index (χ3n) is 1.20. The van der Waals surface area contributed by atoms with E-state index in [2.05, 4.69) is 38.4 Å². The lowest BCUT2D eigenvalue weighted by Gasteiger charge is -1.94. The highest BCUT2D eigenvalue weighted by atomic mass is 79.9. The molecule has 0 spiro atoms. The predicted molar refractivity (Wildman–Crippen MR) is 59.8 cm³/mol. The summed E-state index contributed by atoms with van der Waals surface area (Å²) < 4.78 is 0.754. The van der Waals surface area contributed by atoms with E-state index in [-0.39, 0.29) is 5.78 Å². The van der Waals surface area contributed by atoms with Crippen molar-refractivity contribution < 1.29 is 4.79 Å². The molecule has 0 fully saturated rings. The number of ketones is 1. The molecule has 0 aromatic heterocycles. The van der Waals surface area contributed by atoms with E-state index in [1.54, 1.807) is 18.2 Å². The van der Waals surface area contributed by atoms with Crippen LogP contribution in [0.5, 0.6) is 0 Å². The number of carbonyl (C=O) groups excluding carboxylic acids is 1. The van der Waals surface area contributed by atoms with Crippen LogP contribution in [0.3, 0.4) is 0 Å². The Morgan fingerprint density at radius 1 is 1.50 bits per heavy atom. The Labute approximate surface area is 89.5 Å². The molecule has 0 radical (unpaired) electrons. The molecular weight excluding hydrogens is 284 g/mol. The molecule has 0 aliphatic rings. The van der Waals surface area contributed by atoms with Crippen LogP contribution in [0.15, 0.2) is 34.9 Å². The summed E-state index contributed by atoms with van der Waals surface area (Å²) in [5, 5.41) is 0.353. The summed E-state index contributed by atoms with van der Waals surface area (Å²) >= 11 is 6.28. The van der Waals surface area contributed by atoms with Gasteiger partial charge in [-0.25, -0.2) is 0 Å². The van der Waals surface area contributed by atoms with Crippen molar-refractivity contribution in [1.29, 1.82) is 0 Å². The molecule has 0 unspecified atom stereocenters. The number of rotatable bonds is 4. The highest BCUT2D eigenvalue weighted by Crippen LogP contribution is 2.07. The summed E-state index contributed by atoms with van der Waals surface area (Å²) in [6, 6.07) is 0. The highest BCUT2D eigenvalue weighted by Gasteiger charge is 2.01. The van der Waals surface area contributed by atoms with Crippen molar-refractivity contribution in [2.24, 2.45) is 0 Å². The van der Waals surface area contributed by atoms with Gasteiger partial charge < -0.3 is 0 Å². The third-order valence-corrected chi connectivity index (χ3v) is 1.97. The molecule has 0 rings (SSSR count). The number of halogens is 2. The lowest BCUT2D eigenvalue weighted by Crippen LogP contribution is -2.00. The molecule has 3 heteroatoms. The molecule has 12 heavy (non-hydrogen) atoms. The Kier molecular flexibility index (Phi) is 6.30. The molecule has 0 amide bonds. The number of carbonyl (C=O) groups is 1. The maximum atomic E-state index is 11.1. The van der Waals surface area contributed by atoms with E-state index >= 15 is 0 Å². The fraction of sp³-hybridized carbons (Fsp3) is 0.222. The Bertz CT molecular complexity index is 239. The number of hydrogen-bond donors (Lipinski definition) is 0. The summed E-state index contributed by atoms with van der Waals surface area (Å²) in [7, 11) is 0. The van der Waals surface area contributed by atoms with Gasteiger partial charge in [0, 0.05) is 10.1 Å². The Hall–Kier alpha value is -0.150. The quantitative estimate of drug-likeness (QED) is 0.441. The van der Waals surface area contributed by atoms with Crippen LogP contribution in [0.25, 0.3) is 0 Å². The van der Waals surface area contributed by atoms with E-state index in [9.17, 15) is 4.79 Å². The minimum absolute atomic E-state index is 0.0718. The summed E-state index contributed by atoms with van der Waals surface area (Å²) in [5.74, 6) is 0.0718. The molecule has 0 aliphatic heterocycles. The predicted octanol–water partition coefficient (Wildman–Crippen LogP) is 3.36. The first-order valence-corrected chi connectivity index (χ1v) is 5.31. The fourth-order valence-electron chi connectivity index (χ4n) is 0.608. The van der Waals surface area contributed by atoms with Gasteiger partial charge in [-0.3, -0.25) is 4.79 Å². The van der Waals surface area contributed by atoms with Gasteiger partial charge in [-0.2, -0.15) is 0 Å². The molecule has 0 saturated carbocycles. The van der Waals surface area contributed by atoms with Gasteiger partial charge >= 0.3 is 0 Å². The molecule has 0 atom stereocenters. The molecule has 0 aromatic carbocycles. The zero-order valence-electron chi connectivity index (χ0n) is 6.81. The van der Waals surface area contributed by atoms with Gasteiger partial charge in [0.2, 0.25) is 0 Å². The van der Waals surface area contributed by atoms with E-state index in [1.807, 2.05) is 6.92 Å². The number of alkyl halides is 1. The van der Waals surface area contributed by atoms with Gasteiger partial charge in [-0.05, 0) is 13.0 Å². The number of Topliss-reactive ketones (excluding diaryl/α,β-unsaturated/α-hetero) is 1. The zero-order valence-corrected chi connectivity index (χ0v) is 9.98. The highest BCUT2D eigenvalue weighted by molar-refractivity contribution is 9.11. The summed E-state index contributed by atoms with van der Waals surface area (Å²) in [6.45, 7) is 5.46. The zero-order chi connectivity index (χ0) is 9.56. The van der Waals surface area contributed by atoms with Gasteiger partial charge in [0.05, 0.1) is 5.33 Å². The van der Waals surface area contributed by atoms with Crippen molar-refractivity contribution in [3.8, 4) is 0 Å². The van der Waals surface area contributed by atoms with Crippen molar-refractivity contribution >= 4 is 37.6 Å². The summed E-state index contributed by atoms with van der Waals surface area (Å²) in [6.07, 6.45) is 5.26. The van der Waals surface area contributed by atoms with Crippen LogP contribution in [-0.2, 0) is 4.79 Å². The molecule has 0 saturated heterocycles. The first-order valence-electron chi connectivity index (χ1n) is 3.39. The molecule has 66 valence electrons. The van der Waals surface area contributed by atoms with Crippen LogP contribution in [0, 0.1) is 0 Å². The van der Waals surface area contributed by atoms with Crippen LogP contribution >= 0.6 is 31.9 Å². The first-order chi connectivity index (χ1) is 5.61. The second-order valence-electron chi connectivity index (χ2n) is 2.08. The van der Waals surface area contributed by atoms with E-state index < -0.39 is 0 Å². The Morgan fingerprint density at radius 2 is 2.08 bits per heavy atom. The molecule has 0 heterocycles. The monoisotopic (exact) mass is 292 g/mol. The molecule has 0 N–H and O–H groups in total. The van der Waals surface area contributed by atoms with Gasteiger partial charge in [-0.15, -0.1) is 0 Å². The second-order valence-corrected chi connectivity index (χ2v) is 3.66. The molecule has 0 aromatic rings. The lowest BCUT2D eigenvalue weighted by molar-refractivity contribution is -0.112. The standard InChI is InChI=1S/C9H10Br2O/c1-3-8(9(12)6-10)5-4-7(2)11/h3-5H,2,6H2,1H3/b5-4-,8-3+. The Morgan fingerprint density at radius 3 is 2.42 bits per heavy atom. The SMILES string of the molecule is C=C(Br)/C=C\C(=C/C)C(=O)CBr. The van der Waals surface area contributed by atoms with Crippen molar-refractivity contribution in [2.75, 3.05) is 5.33 Å². The summed E-state index contributed by atoms with van der Waals surface area (Å²) in [5.41, 5.74) is 0.687. The summed E-state index contributed by atoms with van der Waals surface area (Å²) in [4.78, 5) is 11.1. The Balaban J connectivity index is 4.40. The lowest BCUT2D eigenvalue weighted by atomic mass is 10.1. The third kappa shape index (κ3) is 4.67. The van der Waals surface area contributed by atoms with Crippen molar-refractivity contribution in [1.82, 2.24) is 0 Å². The first kappa shape index (κ1) is 11.8. The van der Waals surface area contributed by atoms with Crippen molar-refractivity contribution in [2.45, 2.75) is 6.92 Å². The topological polar surface area (TPSA) is 17.1 Å². The largest absolute Gasteiger partial charge is 0.293 e. The molecular formula is C9H10Br2O. The average molecular weight is 294 g/mol. The van der Waals surface area contributed by atoms with E-state index in [4.69, 9.17) is 0 Å². The van der Waals surface area contributed by atoms with Crippen molar-refractivity contribution in [3.05, 3.63) is 34.9 Å². The second kappa shape index (κ2) is 6.38. The van der Waals surface area contributed by atoms with E-state index in [0.717, 1.165) is 4.48 Å². The van der Waals surface area contributed by atoms with E-state index in [0.29, 0.717) is 10.9 Å². The van der Waals surface area contributed by atoms with Crippen LogP contribution in [-0.4, -0.2) is 11.1 Å². The minimum Gasteiger partial charge on any atom is -0.293 e. The fourth-order valence-corrected chi connectivity index (χ4v) is 1.06. The minimum atomic E-state index is 0.0718. The van der Waals surface area contributed by atoms with E-state index in [1.165, 1.54) is 0 Å². The van der Waals surface area contributed by atoms with Crippen LogP contribution < -0.4 is 0 Å². The number of hydrogen-bond acceptors (Lipinski definition) is 1. The normalized spacial score (nSPS) is 12.1. The van der Waals surface area contributed by atoms with Crippen molar-refractivity contribution in [3.63, 3.8) is 0 Å². The molecule has 0 aliphatic carbocycles. The molecule has 0 bridgehead atoms. The van der Waals surface area contributed by atoms with Gasteiger partial charge in [-0.1, -0.05) is 50.6 Å². The van der Waals surface area contributed by atoms with Crippen LogP contribution in [0.2, 0.25) is 0 Å². The van der Waals surface area contributed by atoms with Gasteiger partial charge in [0.1, 0.15) is 0 Å². The van der Waals surface area contributed by atoms with Gasteiger partial charge in [0.25, 0.3) is 0 Å². The maximum absolute atomic E-state index is 11.1. The number of allylic oxidation sites excluding steroid dienone is 5. The molecule has 1 nitrogen and oxygen atoms in total. The van der Waals surface area contributed by atoms with Crippen LogP contribution in [0.1, 0.15) is 6.92 Å². The van der Waals surface area contributed by atoms with Crippen LogP contribution in [0.4, 0.5) is 0 Å². The smallest absolute Gasteiger partial charge is 0.173 e. The average Bonchev–Trinajstić information content (AvgIpc) is 2.04. The van der Waals surface area contributed by atoms with Gasteiger partial charge in [0.15, 0.2) is 5.78 Å².